The smallest absolute Gasteiger partial charge is 0.305 e. The first-order valence-electron chi connectivity index (χ1n) is 6.15. The molecule has 0 aromatic carbocycles. The molecule has 82 valence electrons. The van der Waals surface area contributed by atoms with Crippen molar-refractivity contribution in [3.63, 3.8) is 0 Å². The molecule has 2 bridgehead atoms. The van der Waals surface area contributed by atoms with Crippen LogP contribution in [0.3, 0.4) is 0 Å². The minimum Gasteiger partial charge on any atom is -0.462 e. The Hall–Kier alpha value is -0.790. The molecule has 0 aliphatic heterocycles. The van der Waals surface area contributed by atoms with Crippen molar-refractivity contribution >= 4 is 5.97 Å². The standard InChI is InChI=1S/C13H18O2/c1-2-13(14)15-12-7-8-6-11(12)10-5-3-4-9(8)10/h3,5,8-12H,2,4,6-7H2,1H3/t8-,9-,10+,11-,12-/m1/s1. The third-order valence-electron chi connectivity index (χ3n) is 4.52. The van der Waals surface area contributed by atoms with Crippen molar-refractivity contribution in [3.05, 3.63) is 12.2 Å². The fourth-order valence-corrected chi connectivity index (χ4v) is 3.87. The summed E-state index contributed by atoms with van der Waals surface area (Å²) in [6.45, 7) is 1.87. The first kappa shape index (κ1) is 9.44. The highest BCUT2D eigenvalue weighted by Gasteiger charge is 2.53. The molecule has 5 atom stereocenters. The molecule has 3 aliphatic carbocycles. The Bertz CT molecular complexity index is 308. The van der Waals surface area contributed by atoms with Crippen molar-refractivity contribution < 1.29 is 9.53 Å². The monoisotopic (exact) mass is 206 g/mol. The van der Waals surface area contributed by atoms with Gasteiger partial charge in [0, 0.05) is 12.3 Å². The highest BCUT2D eigenvalue weighted by atomic mass is 16.5. The van der Waals surface area contributed by atoms with E-state index >= 15 is 0 Å². The Balaban J connectivity index is 1.70. The van der Waals surface area contributed by atoms with Crippen LogP contribution in [0.5, 0.6) is 0 Å². The summed E-state index contributed by atoms with van der Waals surface area (Å²) in [5.41, 5.74) is 0. The van der Waals surface area contributed by atoms with Crippen LogP contribution in [0.4, 0.5) is 0 Å². The molecule has 0 radical (unpaired) electrons. The largest absolute Gasteiger partial charge is 0.462 e. The zero-order valence-electron chi connectivity index (χ0n) is 9.19. The predicted molar refractivity (Wildman–Crippen MR) is 57.1 cm³/mol. The molecule has 0 aromatic rings. The summed E-state index contributed by atoms with van der Waals surface area (Å²) < 4.78 is 5.53. The van der Waals surface area contributed by atoms with Crippen LogP contribution in [0.15, 0.2) is 12.2 Å². The van der Waals surface area contributed by atoms with Gasteiger partial charge in [-0.05, 0) is 37.0 Å². The topological polar surface area (TPSA) is 26.3 Å². The number of allylic oxidation sites excluding steroid dienone is 2. The third kappa shape index (κ3) is 1.34. The first-order chi connectivity index (χ1) is 7.29. The SMILES string of the molecule is CCC(=O)O[C@@H]1C[C@H]2C[C@@H]1[C@H]1C=CC[C@H]21. The van der Waals surface area contributed by atoms with Crippen LogP contribution in [0.1, 0.15) is 32.6 Å². The number of carbonyl (C=O) groups is 1. The van der Waals surface area contributed by atoms with E-state index in [0.29, 0.717) is 12.3 Å². The van der Waals surface area contributed by atoms with Gasteiger partial charge in [-0.2, -0.15) is 0 Å². The van der Waals surface area contributed by atoms with E-state index in [2.05, 4.69) is 12.2 Å². The quantitative estimate of drug-likeness (QED) is 0.512. The molecular weight excluding hydrogens is 188 g/mol. The van der Waals surface area contributed by atoms with Crippen LogP contribution in [0, 0.1) is 23.7 Å². The van der Waals surface area contributed by atoms with Gasteiger partial charge in [-0.3, -0.25) is 4.79 Å². The summed E-state index contributed by atoms with van der Waals surface area (Å²) in [4.78, 5) is 11.3. The van der Waals surface area contributed by atoms with Crippen molar-refractivity contribution in [1.29, 1.82) is 0 Å². The fourth-order valence-electron chi connectivity index (χ4n) is 3.87. The molecule has 0 unspecified atom stereocenters. The predicted octanol–water partition coefficient (Wildman–Crippen LogP) is 2.54. The number of fused-ring (bicyclic) bond motifs is 5. The number of rotatable bonds is 2. The summed E-state index contributed by atoms with van der Waals surface area (Å²) in [6, 6.07) is 0. The zero-order valence-corrected chi connectivity index (χ0v) is 9.19. The number of hydrogen-bond acceptors (Lipinski definition) is 2. The van der Waals surface area contributed by atoms with Crippen LogP contribution >= 0.6 is 0 Å². The Morgan fingerprint density at radius 3 is 3.07 bits per heavy atom. The van der Waals surface area contributed by atoms with Crippen molar-refractivity contribution in [2.45, 2.75) is 38.7 Å². The van der Waals surface area contributed by atoms with Crippen LogP contribution < -0.4 is 0 Å². The number of esters is 1. The van der Waals surface area contributed by atoms with Crippen molar-refractivity contribution in [2.24, 2.45) is 23.7 Å². The Morgan fingerprint density at radius 1 is 1.40 bits per heavy atom. The van der Waals surface area contributed by atoms with E-state index in [1.807, 2.05) is 6.92 Å². The zero-order chi connectivity index (χ0) is 10.4. The lowest BCUT2D eigenvalue weighted by Crippen LogP contribution is -2.31. The second-order valence-electron chi connectivity index (χ2n) is 5.18. The Labute approximate surface area is 90.7 Å². The fraction of sp³-hybridized carbons (Fsp3) is 0.769. The average molecular weight is 206 g/mol. The molecule has 0 N–H and O–H groups in total. The second-order valence-corrected chi connectivity index (χ2v) is 5.18. The van der Waals surface area contributed by atoms with Crippen molar-refractivity contribution in [3.8, 4) is 0 Å². The van der Waals surface area contributed by atoms with E-state index in [1.165, 1.54) is 12.8 Å². The molecule has 2 fully saturated rings. The summed E-state index contributed by atoms with van der Waals surface area (Å²) >= 11 is 0. The molecule has 2 heteroatoms. The third-order valence-corrected chi connectivity index (χ3v) is 4.52. The molecule has 0 saturated heterocycles. The molecule has 15 heavy (non-hydrogen) atoms. The van der Waals surface area contributed by atoms with Gasteiger partial charge >= 0.3 is 5.97 Å². The van der Waals surface area contributed by atoms with E-state index in [1.54, 1.807) is 0 Å². The van der Waals surface area contributed by atoms with Crippen LogP contribution in [0.2, 0.25) is 0 Å². The van der Waals surface area contributed by atoms with Gasteiger partial charge in [0.1, 0.15) is 6.10 Å². The summed E-state index contributed by atoms with van der Waals surface area (Å²) in [5.74, 6) is 3.04. The maximum Gasteiger partial charge on any atom is 0.305 e. The minimum atomic E-state index is -0.0222. The van der Waals surface area contributed by atoms with Gasteiger partial charge in [0.15, 0.2) is 0 Å². The number of ether oxygens (including phenoxy) is 1. The molecule has 0 heterocycles. The van der Waals surface area contributed by atoms with Gasteiger partial charge in [-0.15, -0.1) is 0 Å². The van der Waals surface area contributed by atoms with Crippen LogP contribution in [-0.2, 0) is 9.53 Å². The number of hydrogen-bond donors (Lipinski definition) is 0. The van der Waals surface area contributed by atoms with E-state index in [9.17, 15) is 4.79 Å². The van der Waals surface area contributed by atoms with Gasteiger partial charge in [0.05, 0.1) is 0 Å². The van der Waals surface area contributed by atoms with Crippen LogP contribution in [-0.4, -0.2) is 12.1 Å². The van der Waals surface area contributed by atoms with Gasteiger partial charge in [0.2, 0.25) is 0 Å². The Kier molecular flexibility index (Phi) is 2.11. The maximum atomic E-state index is 11.3. The lowest BCUT2D eigenvalue weighted by Gasteiger charge is -2.30. The molecule has 2 saturated carbocycles. The first-order valence-corrected chi connectivity index (χ1v) is 6.15. The summed E-state index contributed by atoms with van der Waals surface area (Å²) in [5, 5.41) is 0. The Morgan fingerprint density at radius 2 is 2.27 bits per heavy atom. The highest BCUT2D eigenvalue weighted by Crippen LogP contribution is 2.57. The second kappa shape index (κ2) is 3.36. The van der Waals surface area contributed by atoms with Gasteiger partial charge in [0.25, 0.3) is 0 Å². The minimum absolute atomic E-state index is 0.0222. The van der Waals surface area contributed by atoms with Crippen molar-refractivity contribution in [2.75, 3.05) is 0 Å². The molecule has 3 rings (SSSR count). The summed E-state index contributed by atoms with van der Waals surface area (Å²) in [7, 11) is 0. The molecular formula is C13H18O2. The highest BCUT2D eigenvalue weighted by molar-refractivity contribution is 5.69. The molecule has 0 amide bonds. The molecule has 0 spiro atoms. The van der Waals surface area contributed by atoms with Crippen molar-refractivity contribution in [1.82, 2.24) is 0 Å². The van der Waals surface area contributed by atoms with E-state index in [-0.39, 0.29) is 12.1 Å². The maximum absolute atomic E-state index is 11.3. The molecule has 0 aromatic heterocycles. The van der Waals surface area contributed by atoms with E-state index in [4.69, 9.17) is 4.74 Å². The lowest BCUT2D eigenvalue weighted by molar-refractivity contribution is -0.152. The average Bonchev–Trinajstić information content (AvgIpc) is 2.87. The van der Waals surface area contributed by atoms with Gasteiger partial charge in [-0.25, -0.2) is 0 Å². The van der Waals surface area contributed by atoms with Gasteiger partial charge < -0.3 is 4.74 Å². The summed E-state index contributed by atoms with van der Waals surface area (Å²) in [6.07, 6.45) is 9.10. The van der Waals surface area contributed by atoms with Crippen LogP contribution in [0.25, 0.3) is 0 Å². The van der Waals surface area contributed by atoms with E-state index in [0.717, 1.165) is 24.2 Å². The van der Waals surface area contributed by atoms with E-state index < -0.39 is 0 Å². The molecule has 3 aliphatic rings. The molecule has 2 nitrogen and oxygen atoms in total. The normalized spacial score (nSPS) is 45.8. The lowest BCUT2D eigenvalue weighted by atomic mass is 9.80. The van der Waals surface area contributed by atoms with Gasteiger partial charge in [-0.1, -0.05) is 19.1 Å². The number of carbonyl (C=O) groups excluding carboxylic acids is 1.